The average molecular weight is 1150 g/mol. The van der Waals surface area contributed by atoms with Crippen LogP contribution in [0.5, 0.6) is 0 Å². The Morgan fingerprint density at radius 1 is 0.964 bits per heavy atom. The van der Waals surface area contributed by atoms with E-state index >= 15 is 9.59 Å². The van der Waals surface area contributed by atoms with Gasteiger partial charge < -0.3 is 38.8 Å². The second kappa shape index (κ2) is 24.2. The fraction of sp³-hybridized carbons (Fsp3) is 0.540. The summed E-state index contributed by atoms with van der Waals surface area (Å²) in [5, 5.41) is 8.72. The third-order valence-corrected chi connectivity index (χ3v) is 18.7. The number of amides is 4. The molecule has 0 unspecified atom stereocenters. The number of cyclic esters (lactones) is 1. The second-order valence-electron chi connectivity index (χ2n) is 24.4. The second-order valence-corrected chi connectivity index (χ2v) is 25.3. The highest BCUT2D eigenvalue weighted by Gasteiger charge is 2.44. The Hall–Kier alpha value is -6.58. The van der Waals surface area contributed by atoms with Gasteiger partial charge in [-0.3, -0.25) is 34.3 Å². The fourth-order valence-corrected chi connectivity index (χ4v) is 14.2. The standard InChI is InChI=1S/C63H80FN11O7S/c1-10-73-52-20-17-39-30-46(52)48(56(73)47-32-44(34-66-53(47)38(4)80-8)72-26-24-71(25-27-72)42-18-19-42)33-63(5,6)36-82-61(78)49-16-13-23-75(69-49)60(77)54(57(81-9)59-67-51(39)35-83-59)68-58(76)55(37(2)3)70(7)62(79)74-22-12-14-43(74)29-40-28-41(64)31-50-45(40)15-11-21-65-50/h11,15,17,20-21,28,30-32,34-35,37-38,42-43,49,54-55,57,69H,10,12-14,16,18-19,22-27,29,33,36H2,1-9H3,(H,68,76)/t38-,43-,49-,54-,55-,57-/m0/s1. The lowest BCUT2D eigenvalue weighted by Gasteiger charge is -2.38. The number of piperazine rings is 1. The Balaban J connectivity index is 0.944. The minimum absolute atomic E-state index is 0.0981. The van der Waals surface area contributed by atoms with Gasteiger partial charge in [-0.1, -0.05) is 39.8 Å². The molecule has 3 saturated heterocycles. The van der Waals surface area contributed by atoms with Crippen molar-refractivity contribution in [2.24, 2.45) is 11.3 Å². The van der Waals surface area contributed by atoms with E-state index in [4.69, 9.17) is 24.2 Å². The first kappa shape index (κ1) is 58.2. The molecule has 0 spiro atoms. The number of nitrogens with zero attached hydrogens (tertiary/aromatic N) is 9. The van der Waals surface area contributed by atoms with Crippen LogP contribution >= 0.6 is 11.3 Å². The van der Waals surface area contributed by atoms with Gasteiger partial charge in [-0.25, -0.2) is 19.6 Å². The summed E-state index contributed by atoms with van der Waals surface area (Å²) >= 11 is 1.33. The number of esters is 1. The number of hydrogen-bond acceptors (Lipinski definition) is 14. The number of hydrazine groups is 1. The number of ether oxygens (including phenoxy) is 3. The van der Waals surface area contributed by atoms with Crippen molar-refractivity contribution in [1.82, 2.24) is 50.0 Å². The van der Waals surface area contributed by atoms with Crippen LogP contribution in [0.2, 0.25) is 0 Å². The molecule has 6 aromatic rings. The summed E-state index contributed by atoms with van der Waals surface area (Å²) in [6, 6.07) is 12.3. The maximum atomic E-state index is 15.2. The van der Waals surface area contributed by atoms with Gasteiger partial charge in [0.15, 0.2) is 0 Å². The molecule has 4 aliphatic heterocycles. The summed E-state index contributed by atoms with van der Waals surface area (Å²) in [4.78, 5) is 82.5. The van der Waals surface area contributed by atoms with Crippen LogP contribution in [-0.2, 0) is 48.0 Å². The van der Waals surface area contributed by atoms with E-state index in [1.165, 1.54) is 53.3 Å². The molecule has 8 heterocycles. The first-order valence-electron chi connectivity index (χ1n) is 29.7. The quantitative estimate of drug-likeness (QED) is 0.105. The fourth-order valence-electron chi connectivity index (χ4n) is 13.3. The van der Waals surface area contributed by atoms with Gasteiger partial charge in [0, 0.05) is 130 Å². The SMILES string of the molecule is CCn1c(-c2cc(N3CCN(C4CC4)CC3)cnc2[C@H](C)OC)c2c3cc(ccc31)-c1csc(n1)[C@@H](OC)[C@H](NC(=O)[C@H](C(C)C)N(C)C(=O)N1CCC[C@H]1Cc1cc(F)cc3ncccc13)C(=O)N1CCC[C@H](N1)C(=O)OCC(C)(C)C2. The topological polar surface area (TPSA) is 180 Å². The third kappa shape index (κ3) is 11.8. The van der Waals surface area contributed by atoms with E-state index in [0.29, 0.717) is 61.4 Å². The molecule has 442 valence electrons. The van der Waals surface area contributed by atoms with E-state index in [9.17, 15) is 14.0 Å². The van der Waals surface area contributed by atoms with Gasteiger partial charge in [0.25, 0.3) is 5.91 Å². The van der Waals surface area contributed by atoms with Crippen LogP contribution in [0.25, 0.3) is 44.3 Å². The normalized spacial score (nSPS) is 22.5. The summed E-state index contributed by atoms with van der Waals surface area (Å²) in [6.07, 6.45) is 8.12. The minimum atomic E-state index is -1.35. The maximum absolute atomic E-state index is 15.2. The Bertz CT molecular complexity index is 3390. The van der Waals surface area contributed by atoms with E-state index in [1.807, 2.05) is 44.5 Å². The molecule has 1 aliphatic carbocycles. The molecule has 4 aromatic heterocycles. The van der Waals surface area contributed by atoms with E-state index in [1.54, 1.807) is 25.3 Å². The first-order chi connectivity index (χ1) is 39.9. The van der Waals surface area contributed by atoms with Gasteiger partial charge in [0.05, 0.1) is 47.2 Å². The summed E-state index contributed by atoms with van der Waals surface area (Å²) in [5.74, 6) is -2.37. The number of hydrogen-bond donors (Lipinski definition) is 2. The van der Waals surface area contributed by atoms with Gasteiger partial charge >= 0.3 is 12.0 Å². The molecule has 1 saturated carbocycles. The lowest BCUT2D eigenvalue weighted by Crippen LogP contribution is -2.63. The van der Waals surface area contributed by atoms with Crippen molar-refractivity contribution in [1.29, 1.82) is 0 Å². The molecule has 2 aromatic carbocycles. The number of urea groups is 1. The molecule has 18 nitrogen and oxygen atoms in total. The Morgan fingerprint density at radius 2 is 1.75 bits per heavy atom. The highest BCUT2D eigenvalue weighted by atomic mass is 32.1. The summed E-state index contributed by atoms with van der Waals surface area (Å²) in [7, 11) is 4.82. The molecule has 83 heavy (non-hydrogen) atoms. The van der Waals surface area contributed by atoms with Crippen molar-refractivity contribution < 1.29 is 37.8 Å². The van der Waals surface area contributed by atoms with Crippen LogP contribution in [0.1, 0.15) is 114 Å². The predicted molar refractivity (Wildman–Crippen MR) is 319 cm³/mol. The van der Waals surface area contributed by atoms with Crippen molar-refractivity contribution in [3.8, 4) is 22.5 Å². The number of pyridine rings is 2. The Labute approximate surface area is 490 Å². The molecule has 20 heteroatoms. The Morgan fingerprint density at radius 3 is 2.48 bits per heavy atom. The van der Waals surface area contributed by atoms with Gasteiger partial charge in [-0.05, 0) is 113 Å². The summed E-state index contributed by atoms with van der Waals surface area (Å²) in [5.41, 5.74) is 11.5. The summed E-state index contributed by atoms with van der Waals surface area (Å²) in [6.45, 7) is 17.5. The van der Waals surface area contributed by atoms with Crippen LogP contribution in [-0.4, -0.2) is 160 Å². The smallest absolute Gasteiger partial charge is 0.324 e. The van der Waals surface area contributed by atoms with E-state index < -0.39 is 59.2 Å². The number of benzene rings is 2. The lowest BCUT2D eigenvalue weighted by molar-refractivity contribution is -0.156. The molecule has 11 rings (SSSR count). The largest absolute Gasteiger partial charge is 0.464 e. The van der Waals surface area contributed by atoms with Crippen LogP contribution < -0.4 is 15.6 Å². The zero-order valence-corrected chi connectivity index (χ0v) is 50.3. The number of thiazole rings is 1. The molecule has 6 atom stereocenters. The molecule has 6 bridgehead atoms. The molecule has 4 amide bonds. The molecular weight excluding hydrogens is 1070 g/mol. The highest BCUT2D eigenvalue weighted by Crippen LogP contribution is 2.44. The number of carbonyl (C=O) groups excluding carboxylic acids is 4. The van der Waals surface area contributed by atoms with Crippen molar-refractivity contribution in [2.45, 2.75) is 142 Å². The monoisotopic (exact) mass is 1150 g/mol. The van der Waals surface area contributed by atoms with Crippen molar-refractivity contribution >= 4 is 62.6 Å². The zero-order chi connectivity index (χ0) is 58.4. The molecule has 5 aliphatic rings. The van der Waals surface area contributed by atoms with E-state index in [-0.39, 0.29) is 31.3 Å². The average Bonchev–Trinajstić information content (AvgIpc) is 2.52. The highest BCUT2D eigenvalue weighted by molar-refractivity contribution is 7.10. The number of rotatable bonds is 13. The van der Waals surface area contributed by atoms with Gasteiger partial charge in [0.1, 0.15) is 35.1 Å². The van der Waals surface area contributed by atoms with E-state index in [2.05, 4.69) is 75.1 Å². The third-order valence-electron chi connectivity index (χ3n) is 17.8. The van der Waals surface area contributed by atoms with Crippen molar-refractivity contribution in [3.05, 3.63) is 94.0 Å². The number of anilines is 1. The number of carbonyl (C=O) groups is 4. The minimum Gasteiger partial charge on any atom is -0.464 e. The number of methoxy groups -OCH3 is 2. The number of halogens is 1. The number of aryl methyl sites for hydroxylation is 1. The number of nitrogens with one attached hydrogen (secondary N) is 2. The molecule has 2 N–H and O–H groups in total. The maximum Gasteiger partial charge on any atom is 0.324 e. The van der Waals surface area contributed by atoms with Crippen LogP contribution in [0.4, 0.5) is 14.9 Å². The van der Waals surface area contributed by atoms with Crippen LogP contribution in [0.3, 0.4) is 0 Å². The lowest BCUT2D eigenvalue weighted by atomic mass is 9.84. The first-order valence-corrected chi connectivity index (χ1v) is 30.6. The predicted octanol–water partition coefficient (Wildman–Crippen LogP) is 9.10. The van der Waals surface area contributed by atoms with E-state index in [0.717, 1.165) is 94.3 Å². The van der Waals surface area contributed by atoms with Crippen LogP contribution in [0, 0.1) is 17.2 Å². The van der Waals surface area contributed by atoms with Crippen LogP contribution in [0.15, 0.2) is 66.3 Å². The van der Waals surface area contributed by atoms with Gasteiger partial charge in [-0.15, -0.1) is 11.3 Å². The number of aromatic nitrogens is 4. The number of fused-ring (bicyclic) bond motifs is 7. The molecule has 4 fully saturated rings. The van der Waals surface area contributed by atoms with Crippen molar-refractivity contribution in [3.63, 3.8) is 0 Å². The molecule has 0 radical (unpaired) electrons. The summed E-state index contributed by atoms with van der Waals surface area (Å²) < 4.78 is 35.8. The van der Waals surface area contributed by atoms with Crippen molar-refractivity contribution in [2.75, 3.05) is 72.0 Å². The number of likely N-dealkylation sites (tertiary alicyclic amines) is 1. The molecular formula is C63H80FN11O7S. The zero-order valence-electron chi connectivity index (χ0n) is 49.5. The van der Waals surface area contributed by atoms with Gasteiger partial charge in [-0.2, -0.15) is 0 Å². The Kier molecular flexibility index (Phi) is 17.0. The van der Waals surface area contributed by atoms with Gasteiger partial charge in [0.2, 0.25) is 5.91 Å². The number of likely N-dealkylation sites (N-methyl/N-ethyl adjacent to an activating group) is 1.